The number of urea groups is 1. The van der Waals surface area contributed by atoms with E-state index in [1.165, 1.54) is 4.90 Å². The molecule has 8 nitrogen and oxygen atoms in total. The zero-order valence-corrected chi connectivity index (χ0v) is 17.4. The molecule has 1 atom stereocenters. The lowest BCUT2D eigenvalue weighted by Gasteiger charge is -2.13. The highest BCUT2D eigenvalue weighted by molar-refractivity contribution is 6.04. The molecule has 4 rings (SSSR count). The summed E-state index contributed by atoms with van der Waals surface area (Å²) in [7, 11) is 3.54. The molecule has 0 spiro atoms. The van der Waals surface area contributed by atoms with Crippen molar-refractivity contribution in [1.82, 2.24) is 14.8 Å². The van der Waals surface area contributed by atoms with Crippen LogP contribution in [-0.2, 0) is 23.2 Å². The summed E-state index contributed by atoms with van der Waals surface area (Å²) in [5.74, 6) is 0.182. The Morgan fingerprint density at radius 3 is 2.65 bits per heavy atom. The van der Waals surface area contributed by atoms with Crippen LogP contribution in [0.5, 0.6) is 5.75 Å². The Bertz CT molecular complexity index is 1140. The van der Waals surface area contributed by atoms with Crippen LogP contribution in [0.2, 0.25) is 0 Å². The molecule has 2 heterocycles. The maximum absolute atomic E-state index is 12.6. The molecule has 4 amide bonds. The van der Waals surface area contributed by atoms with Gasteiger partial charge in [-0.3, -0.25) is 14.5 Å². The number of nitrogens with one attached hydrogen (secondary N) is 2. The van der Waals surface area contributed by atoms with Crippen molar-refractivity contribution in [2.24, 2.45) is 7.05 Å². The van der Waals surface area contributed by atoms with Gasteiger partial charge in [-0.25, -0.2) is 4.79 Å². The minimum absolute atomic E-state index is 0.125. The van der Waals surface area contributed by atoms with Gasteiger partial charge in [-0.1, -0.05) is 12.1 Å². The number of methoxy groups -OCH3 is 1. The van der Waals surface area contributed by atoms with E-state index in [-0.39, 0.29) is 31.2 Å². The highest BCUT2D eigenvalue weighted by atomic mass is 16.5. The van der Waals surface area contributed by atoms with Crippen molar-refractivity contribution in [2.45, 2.75) is 25.4 Å². The summed E-state index contributed by atoms with van der Waals surface area (Å²) >= 11 is 0. The van der Waals surface area contributed by atoms with Crippen molar-refractivity contribution in [3.8, 4) is 5.75 Å². The molecular formula is C23H24N4O4. The smallest absolute Gasteiger partial charge is 0.325 e. The first kappa shape index (κ1) is 20.5. The highest BCUT2D eigenvalue weighted by Gasteiger charge is 2.37. The first-order valence-corrected chi connectivity index (χ1v) is 10.0. The van der Waals surface area contributed by atoms with Crippen molar-refractivity contribution in [3.63, 3.8) is 0 Å². The second kappa shape index (κ2) is 8.51. The fourth-order valence-electron chi connectivity index (χ4n) is 3.69. The number of anilines is 1. The molecule has 3 aromatic rings. The molecule has 1 aliphatic heterocycles. The first-order chi connectivity index (χ1) is 14.9. The van der Waals surface area contributed by atoms with Crippen molar-refractivity contribution in [3.05, 3.63) is 60.3 Å². The van der Waals surface area contributed by atoms with Crippen LogP contribution >= 0.6 is 0 Å². The van der Waals surface area contributed by atoms with E-state index in [0.29, 0.717) is 11.4 Å². The molecule has 160 valence electrons. The van der Waals surface area contributed by atoms with Crippen LogP contribution in [0, 0.1) is 0 Å². The van der Waals surface area contributed by atoms with Gasteiger partial charge < -0.3 is 19.9 Å². The summed E-state index contributed by atoms with van der Waals surface area (Å²) < 4.78 is 7.13. The number of aryl methyl sites for hydroxylation is 1. The van der Waals surface area contributed by atoms with Gasteiger partial charge in [-0.15, -0.1) is 0 Å². The fraction of sp³-hybridized carbons (Fsp3) is 0.261. The summed E-state index contributed by atoms with van der Waals surface area (Å²) in [5.41, 5.74) is 2.60. The lowest BCUT2D eigenvalue weighted by Crippen LogP contribution is -2.31. The zero-order valence-electron chi connectivity index (χ0n) is 17.4. The average Bonchev–Trinajstić information content (AvgIpc) is 3.26. The third kappa shape index (κ3) is 4.37. The third-order valence-corrected chi connectivity index (χ3v) is 5.44. The first-order valence-electron chi connectivity index (χ1n) is 10.0. The second-order valence-electron chi connectivity index (χ2n) is 7.56. The summed E-state index contributed by atoms with van der Waals surface area (Å²) in [6.45, 7) is 0.175. The zero-order chi connectivity index (χ0) is 22.0. The summed E-state index contributed by atoms with van der Waals surface area (Å²) in [4.78, 5) is 38.4. The molecule has 0 radical (unpaired) electrons. The number of benzene rings is 2. The van der Waals surface area contributed by atoms with Crippen LogP contribution in [-0.4, -0.2) is 40.5 Å². The maximum atomic E-state index is 12.6. The molecule has 1 fully saturated rings. The number of fused-ring (bicyclic) bond motifs is 1. The van der Waals surface area contributed by atoms with Gasteiger partial charge in [0.1, 0.15) is 11.8 Å². The van der Waals surface area contributed by atoms with E-state index < -0.39 is 12.1 Å². The topological polar surface area (TPSA) is 92.7 Å². The number of hydrogen-bond donors (Lipinski definition) is 2. The molecule has 0 unspecified atom stereocenters. The monoisotopic (exact) mass is 420 g/mol. The number of nitrogens with zero attached hydrogens (tertiary/aromatic N) is 2. The average molecular weight is 420 g/mol. The molecule has 2 aromatic carbocycles. The fourth-order valence-corrected chi connectivity index (χ4v) is 3.69. The maximum Gasteiger partial charge on any atom is 0.325 e. The van der Waals surface area contributed by atoms with Crippen LogP contribution in [0.1, 0.15) is 18.4 Å². The number of carbonyl (C=O) groups is 3. The molecular weight excluding hydrogens is 396 g/mol. The van der Waals surface area contributed by atoms with Gasteiger partial charge >= 0.3 is 6.03 Å². The van der Waals surface area contributed by atoms with E-state index in [9.17, 15) is 14.4 Å². The van der Waals surface area contributed by atoms with E-state index in [2.05, 4.69) is 10.6 Å². The van der Waals surface area contributed by atoms with E-state index in [4.69, 9.17) is 4.74 Å². The third-order valence-electron chi connectivity index (χ3n) is 5.44. The lowest BCUT2D eigenvalue weighted by atomic mass is 10.1. The minimum atomic E-state index is -0.701. The van der Waals surface area contributed by atoms with E-state index in [1.54, 1.807) is 19.2 Å². The van der Waals surface area contributed by atoms with Gasteiger partial charge in [0.25, 0.3) is 5.91 Å². The van der Waals surface area contributed by atoms with Crippen LogP contribution in [0.25, 0.3) is 10.9 Å². The number of hydrogen-bond acceptors (Lipinski definition) is 4. The summed E-state index contributed by atoms with van der Waals surface area (Å²) in [6, 6.07) is 13.7. The Balaban J connectivity index is 1.31. The number of imide groups is 1. The number of amides is 4. The molecule has 1 saturated heterocycles. The lowest BCUT2D eigenvalue weighted by molar-refractivity contribution is -0.128. The number of carbonyl (C=O) groups excluding carboxylic acids is 3. The number of aromatic nitrogens is 1. The SMILES string of the molecule is COc1ccc(CN2C(=O)N[C@H](CCC(=O)Nc3ccc4c(ccn4C)c3)C2=O)cc1. The van der Waals surface area contributed by atoms with Gasteiger partial charge in [-0.05, 0) is 48.4 Å². The Morgan fingerprint density at radius 2 is 1.90 bits per heavy atom. The Labute approximate surface area is 179 Å². The Morgan fingerprint density at radius 1 is 1.13 bits per heavy atom. The largest absolute Gasteiger partial charge is 0.497 e. The van der Waals surface area contributed by atoms with Gasteiger partial charge in [-0.2, -0.15) is 0 Å². The van der Waals surface area contributed by atoms with Crippen LogP contribution < -0.4 is 15.4 Å². The van der Waals surface area contributed by atoms with Crippen LogP contribution in [0.15, 0.2) is 54.7 Å². The predicted molar refractivity (Wildman–Crippen MR) is 117 cm³/mol. The number of rotatable bonds is 7. The normalized spacial score (nSPS) is 15.9. The van der Waals surface area contributed by atoms with Gasteiger partial charge in [0.2, 0.25) is 5.91 Å². The molecule has 8 heteroatoms. The Kier molecular flexibility index (Phi) is 5.62. The predicted octanol–water partition coefficient (Wildman–Crippen LogP) is 3.03. The minimum Gasteiger partial charge on any atom is -0.497 e. The van der Waals surface area contributed by atoms with Crippen molar-refractivity contribution < 1.29 is 19.1 Å². The molecule has 0 bridgehead atoms. The standard InChI is InChI=1S/C23H24N4O4/c1-26-12-11-16-13-17(5-9-20(16)26)24-21(28)10-8-19-22(29)27(23(30)25-19)14-15-3-6-18(31-2)7-4-15/h3-7,9,11-13,19H,8,10,14H2,1-2H3,(H,24,28)(H,25,30)/t19-/m1/s1. The molecule has 0 saturated carbocycles. The highest BCUT2D eigenvalue weighted by Crippen LogP contribution is 2.21. The van der Waals surface area contributed by atoms with E-state index >= 15 is 0 Å². The molecule has 1 aliphatic rings. The molecule has 0 aliphatic carbocycles. The summed E-state index contributed by atoms with van der Waals surface area (Å²) in [6.07, 6.45) is 2.32. The van der Waals surface area contributed by atoms with E-state index in [0.717, 1.165) is 16.5 Å². The molecule has 31 heavy (non-hydrogen) atoms. The van der Waals surface area contributed by atoms with Crippen molar-refractivity contribution in [2.75, 3.05) is 12.4 Å². The second-order valence-corrected chi connectivity index (χ2v) is 7.56. The quantitative estimate of drug-likeness (QED) is 0.575. The van der Waals surface area contributed by atoms with Gasteiger partial charge in [0.15, 0.2) is 0 Å². The van der Waals surface area contributed by atoms with Crippen molar-refractivity contribution in [1.29, 1.82) is 0 Å². The molecule has 1 aromatic heterocycles. The Hall–Kier alpha value is -3.81. The van der Waals surface area contributed by atoms with Gasteiger partial charge in [0.05, 0.1) is 13.7 Å². The van der Waals surface area contributed by atoms with Crippen LogP contribution in [0.4, 0.5) is 10.5 Å². The summed E-state index contributed by atoms with van der Waals surface area (Å²) in [5, 5.41) is 6.57. The van der Waals surface area contributed by atoms with Crippen molar-refractivity contribution >= 4 is 34.4 Å². The molecule has 2 N–H and O–H groups in total. The van der Waals surface area contributed by atoms with Gasteiger partial charge in [0, 0.05) is 36.3 Å². The van der Waals surface area contributed by atoms with E-state index in [1.807, 2.05) is 54.2 Å². The van der Waals surface area contributed by atoms with Crippen LogP contribution in [0.3, 0.4) is 0 Å². The number of ether oxygens (including phenoxy) is 1.